The van der Waals surface area contributed by atoms with Crippen molar-refractivity contribution >= 4 is 28.6 Å². The summed E-state index contributed by atoms with van der Waals surface area (Å²) in [4.78, 5) is 18.3. The first kappa shape index (κ1) is 26.5. The van der Waals surface area contributed by atoms with Crippen molar-refractivity contribution in [1.29, 1.82) is 0 Å². The molecule has 3 aromatic rings. The summed E-state index contributed by atoms with van der Waals surface area (Å²) in [7, 11) is 3.65. The molecule has 1 fully saturated rings. The van der Waals surface area contributed by atoms with E-state index in [0.717, 1.165) is 49.1 Å². The number of alkyl halides is 1. The van der Waals surface area contributed by atoms with Crippen LogP contribution in [0.25, 0.3) is 10.9 Å². The van der Waals surface area contributed by atoms with Crippen molar-refractivity contribution < 1.29 is 19.0 Å². The van der Waals surface area contributed by atoms with Gasteiger partial charge in [0.1, 0.15) is 11.9 Å². The van der Waals surface area contributed by atoms with Crippen LogP contribution in [-0.2, 0) is 11.8 Å². The van der Waals surface area contributed by atoms with Crippen molar-refractivity contribution in [1.82, 2.24) is 14.5 Å². The van der Waals surface area contributed by atoms with Crippen molar-refractivity contribution in [2.45, 2.75) is 43.3 Å². The maximum Gasteiger partial charge on any atom is 0.303 e. The number of ether oxygens (including phenoxy) is 1. The number of pyridine rings is 1. The number of thioether (sulfide) groups is 1. The van der Waals surface area contributed by atoms with Gasteiger partial charge in [-0.15, -0.1) is 11.8 Å². The Labute approximate surface area is 216 Å². The Morgan fingerprint density at radius 1 is 1.31 bits per heavy atom. The molecule has 0 bridgehead atoms. The fourth-order valence-corrected chi connectivity index (χ4v) is 6.24. The van der Waals surface area contributed by atoms with Gasteiger partial charge < -0.3 is 19.3 Å². The molecule has 1 N–H and O–H groups in total. The summed E-state index contributed by atoms with van der Waals surface area (Å²) in [5, 5.41) is 11.6. The molecule has 1 saturated heterocycles. The van der Waals surface area contributed by atoms with E-state index in [1.54, 1.807) is 19.4 Å². The van der Waals surface area contributed by atoms with Gasteiger partial charge >= 0.3 is 5.97 Å². The van der Waals surface area contributed by atoms with Crippen LogP contribution in [0.3, 0.4) is 0 Å². The van der Waals surface area contributed by atoms with E-state index in [4.69, 9.17) is 4.74 Å². The number of hydrogen-bond acceptors (Lipinski definition) is 5. The number of aromatic nitrogens is 2. The summed E-state index contributed by atoms with van der Waals surface area (Å²) in [6.45, 7) is 2.69. The van der Waals surface area contributed by atoms with Crippen LogP contribution in [0.1, 0.15) is 43.8 Å². The van der Waals surface area contributed by atoms with E-state index < -0.39 is 12.1 Å². The van der Waals surface area contributed by atoms with Crippen LogP contribution in [0.15, 0.2) is 53.8 Å². The maximum absolute atomic E-state index is 15.5. The molecule has 0 spiro atoms. The van der Waals surface area contributed by atoms with E-state index in [1.807, 2.05) is 30.0 Å². The van der Waals surface area contributed by atoms with E-state index in [0.29, 0.717) is 24.2 Å². The van der Waals surface area contributed by atoms with E-state index in [9.17, 15) is 9.90 Å². The molecule has 0 saturated carbocycles. The average molecular weight is 514 g/mol. The number of aliphatic carboxylic acids is 1. The number of hydrogen-bond donors (Lipinski definition) is 1. The number of halogens is 1. The highest BCUT2D eigenvalue weighted by Gasteiger charge is 2.31. The number of benzene rings is 1. The monoisotopic (exact) mass is 513 g/mol. The first-order valence-electron chi connectivity index (χ1n) is 12.7. The number of methoxy groups -OCH3 is 1. The van der Waals surface area contributed by atoms with Gasteiger partial charge in [0, 0.05) is 43.5 Å². The van der Waals surface area contributed by atoms with Gasteiger partial charge in [0.05, 0.1) is 17.7 Å². The first-order chi connectivity index (χ1) is 17.4. The third-order valence-corrected chi connectivity index (χ3v) is 8.50. The molecule has 0 radical (unpaired) electrons. The zero-order valence-corrected chi connectivity index (χ0v) is 21.9. The van der Waals surface area contributed by atoms with Gasteiger partial charge in [0.2, 0.25) is 0 Å². The zero-order chi connectivity index (χ0) is 25.5. The number of nitrogens with zero attached hydrogens (tertiary/aromatic N) is 3. The molecular weight excluding hydrogens is 477 g/mol. The standard InChI is InChI=1S/C28H36FN3O3S/c1-31-13-3-5-27(31)36-16-4-14-32-15-11-20(21(19-32)17-28(33)34)6-8-25(29)23-10-12-30-26-9-7-22(35-2)18-24(23)26/h3,5,7,9-10,12-13,18,20-21,25H,4,6,8,11,14-17,19H2,1-2H3,(H,33,34)/t20-,21+,25-/m1/s1. The highest BCUT2D eigenvalue weighted by molar-refractivity contribution is 7.99. The summed E-state index contributed by atoms with van der Waals surface area (Å²) < 4.78 is 22.9. The molecule has 3 heterocycles. The lowest BCUT2D eigenvalue weighted by Gasteiger charge is -2.38. The number of likely N-dealkylation sites (tertiary alicyclic amines) is 1. The number of rotatable bonds is 12. The van der Waals surface area contributed by atoms with Crippen LogP contribution in [0.2, 0.25) is 0 Å². The Morgan fingerprint density at radius 3 is 2.92 bits per heavy atom. The van der Waals surface area contributed by atoms with E-state index in [-0.39, 0.29) is 18.3 Å². The van der Waals surface area contributed by atoms with Crippen molar-refractivity contribution in [2.24, 2.45) is 18.9 Å². The summed E-state index contributed by atoms with van der Waals surface area (Å²) in [6.07, 6.45) is 5.77. The quantitative estimate of drug-likeness (QED) is 0.238. The minimum Gasteiger partial charge on any atom is -0.497 e. The lowest BCUT2D eigenvalue weighted by molar-refractivity contribution is -0.139. The van der Waals surface area contributed by atoms with Gasteiger partial charge in [0.15, 0.2) is 0 Å². The largest absolute Gasteiger partial charge is 0.497 e. The van der Waals surface area contributed by atoms with Gasteiger partial charge in [-0.25, -0.2) is 4.39 Å². The van der Waals surface area contributed by atoms with Crippen LogP contribution < -0.4 is 4.74 Å². The van der Waals surface area contributed by atoms with Crippen molar-refractivity contribution in [2.75, 3.05) is 32.5 Å². The average Bonchev–Trinajstić information content (AvgIpc) is 3.29. The predicted molar refractivity (Wildman–Crippen MR) is 142 cm³/mol. The minimum atomic E-state index is -1.12. The van der Waals surface area contributed by atoms with Crippen molar-refractivity contribution in [3.63, 3.8) is 0 Å². The van der Waals surface area contributed by atoms with Crippen LogP contribution >= 0.6 is 11.8 Å². The molecule has 0 aliphatic carbocycles. The molecule has 1 aliphatic rings. The number of carboxylic acid groups (broad SMARTS) is 1. The molecular formula is C28H36FN3O3S. The Kier molecular flexibility index (Phi) is 9.26. The normalized spacial score (nSPS) is 19.4. The van der Waals surface area contributed by atoms with Crippen molar-refractivity contribution in [3.8, 4) is 5.75 Å². The molecule has 3 atom stereocenters. The van der Waals surface area contributed by atoms with Gasteiger partial charge in [-0.1, -0.05) is 0 Å². The molecule has 194 valence electrons. The Bertz CT molecular complexity index is 1150. The number of carboxylic acids is 1. The molecule has 0 unspecified atom stereocenters. The van der Waals surface area contributed by atoms with Gasteiger partial charge in [-0.05, 0) is 92.6 Å². The van der Waals surface area contributed by atoms with Gasteiger partial charge in [-0.3, -0.25) is 9.78 Å². The molecule has 6 nitrogen and oxygen atoms in total. The van der Waals surface area contributed by atoms with Gasteiger partial charge in [0.25, 0.3) is 0 Å². The fraction of sp³-hybridized carbons (Fsp3) is 0.500. The SMILES string of the molecule is COc1ccc2nccc([C@H](F)CC[C@@H]3CCN(CCCSc4cccn4C)C[C@@H]3CC(=O)O)c2c1. The topological polar surface area (TPSA) is 67.6 Å². The molecule has 8 heteroatoms. The summed E-state index contributed by atoms with van der Waals surface area (Å²) in [5.74, 6) is 1.22. The second kappa shape index (κ2) is 12.6. The summed E-state index contributed by atoms with van der Waals surface area (Å²) in [5.41, 5.74) is 1.38. The second-order valence-electron chi connectivity index (χ2n) is 9.69. The van der Waals surface area contributed by atoms with E-state index >= 15 is 4.39 Å². The molecule has 36 heavy (non-hydrogen) atoms. The minimum absolute atomic E-state index is 0.0539. The van der Waals surface area contributed by atoms with Crippen LogP contribution in [0.5, 0.6) is 5.75 Å². The third kappa shape index (κ3) is 6.79. The second-order valence-corrected chi connectivity index (χ2v) is 10.8. The highest BCUT2D eigenvalue weighted by Crippen LogP contribution is 2.36. The fourth-order valence-electron chi connectivity index (χ4n) is 5.32. The van der Waals surface area contributed by atoms with Crippen LogP contribution in [0.4, 0.5) is 4.39 Å². The first-order valence-corrected chi connectivity index (χ1v) is 13.7. The van der Waals surface area contributed by atoms with E-state index in [1.165, 1.54) is 5.03 Å². The molecule has 1 aliphatic heterocycles. The van der Waals surface area contributed by atoms with Crippen LogP contribution in [0, 0.1) is 11.8 Å². The highest BCUT2D eigenvalue weighted by atomic mass is 32.2. The Balaban J connectivity index is 1.32. The number of piperidine rings is 1. The molecule has 2 aromatic heterocycles. The zero-order valence-electron chi connectivity index (χ0n) is 21.1. The molecule has 4 rings (SSSR count). The smallest absolute Gasteiger partial charge is 0.303 e. The maximum atomic E-state index is 15.5. The Morgan fingerprint density at radius 2 is 2.17 bits per heavy atom. The summed E-state index contributed by atoms with van der Waals surface area (Å²) >= 11 is 1.85. The van der Waals surface area contributed by atoms with E-state index in [2.05, 4.69) is 39.8 Å². The molecule has 1 aromatic carbocycles. The number of carbonyl (C=O) groups is 1. The van der Waals surface area contributed by atoms with Crippen LogP contribution in [-0.4, -0.2) is 58.0 Å². The lowest BCUT2D eigenvalue weighted by Crippen LogP contribution is -2.42. The van der Waals surface area contributed by atoms with Gasteiger partial charge in [-0.2, -0.15) is 0 Å². The van der Waals surface area contributed by atoms with Crippen molar-refractivity contribution in [3.05, 3.63) is 54.4 Å². The predicted octanol–water partition coefficient (Wildman–Crippen LogP) is 5.97. The summed E-state index contributed by atoms with van der Waals surface area (Å²) in [6, 6.07) is 11.4. The Hall–Kier alpha value is -2.58. The molecule has 0 amide bonds. The number of aryl methyl sites for hydroxylation is 1. The lowest BCUT2D eigenvalue weighted by atomic mass is 9.79. The third-order valence-electron chi connectivity index (χ3n) is 7.29. The number of fused-ring (bicyclic) bond motifs is 1.